The van der Waals surface area contributed by atoms with Gasteiger partial charge in [-0.2, -0.15) is 0 Å². The highest BCUT2D eigenvalue weighted by Gasteiger charge is 2.22. The van der Waals surface area contributed by atoms with Gasteiger partial charge in [-0.25, -0.2) is 4.68 Å². The van der Waals surface area contributed by atoms with Crippen molar-refractivity contribution in [2.75, 3.05) is 22.9 Å². The van der Waals surface area contributed by atoms with Crippen molar-refractivity contribution in [1.29, 1.82) is 0 Å². The minimum atomic E-state index is -0.174. The predicted molar refractivity (Wildman–Crippen MR) is 88.4 cm³/mol. The van der Waals surface area contributed by atoms with E-state index in [0.717, 1.165) is 12.7 Å². The maximum Gasteiger partial charge on any atom is 0.292 e. The third-order valence-electron chi connectivity index (χ3n) is 3.99. The van der Waals surface area contributed by atoms with Crippen LogP contribution in [0.1, 0.15) is 12.0 Å². The Morgan fingerprint density at radius 3 is 2.74 bits per heavy atom. The minimum Gasteiger partial charge on any atom is -0.508 e. The summed E-state index contributed by atoms with van der Waals surface area (Å²) in [6, 6.07) is 3.22. The van der Waals surface area contributed by atoms with Gasteiger partial charge in [-0.05, 0) is 25.0 Å². The van der Waals surface area contributed by atoms with E-state index >= 15 is 0 Å². The second-order valence-corrected chi connectivity index (χ2v) is 5.52. The smallest absolute Gasteiger partial charge is 0.292 e. The number of hydrogen-bond donors (Lipinski definition) is 4. The summed E-state index contributed by atoms with van der Waals surface area (Å²) in [5.74, 6) is 0.493. The Morgan fingerprint density at radius 2 is 2.04 bits per heavy atom. The van der Waals surface area contributed by atoms with E-state index in [0.29, 0.717) is 41.5 Å². The molecular formula is C15H19N5O3. The van der Waals surface area contributed by atoms with Gasteiger partial charge < -0.3 is 26.3 Å². The Labute approximate surface area is 132 Å². The Balaban J connectivity index is 2.02. The van der Waals surface area contributed by atoms with Gasteiger partial charge in [0.2, 0.25) is 0 Å². The minimum absolute atomic E-state index is 0.0951. The van der Waals surface area contributed by atoms with Crippen molar-refractivity contribution < 1.29 is 9.90 Å². The van der Waals surface area contributed by atoms with Gasteiger partial charge in [-0.15, -0.1) is 0 Å². The van der Waals surface area contributed by atoms with Gasteiger partial charge in [0.1, 0.15) is 23.5 Å². The first-order valence-electron chi connectivity index (χ1n) is 7.40. The number of aryl methyl sites for hydroxylation is 1. The van der Waals surface area contributed by atoms with Crippen LogP contribution in [0.25, 0.3) is 0 Å². The van der Waals surface area contributed by atoms with Crippen molar-refractivity contribution in [3.63, 3.8) is 0 Å². The van der Waals surface area contributed by atoms with Gasteiger partial charge in [0.05, 0.1) is 17.9 Å². The number of carbonyl (C=O) groups is 1. The molecule has 8 heteroatoms. The lowest BCUT2D eigenvalue weighted by Gasteiger charge is -2.14. The number of fused-ring (bicyclic) bond motifs is 1. The second-order valence-electron chi connectivity index (χ2n) is 5.52. The number of phenols is 1. The quantitative estimate of drug-likeness (QED) is 0.483. The van der Waals surface area contributed by atoms with E-state index in [2.05, 4.69) is 10.6 Å². The zero-order valence-electron chi connectivity index (χ0n) is 12.8. The lowest BCUT2D eigenvalue weighted by Crippen LogP contribution is -2.18. The molecule has 0 amide bonds. The van der Waals surface area contributed by atoms with Crippen molar-refractivity contribution in [2.45, 2.75) is 26.4 Å². The molecule has 23 heavy (non-hydrogen) atoms. The van der Waals surface area contributed by atoms with E-state index in [-0.39, 0.29) is 17.9 Å². The Kier molecular flexibility index (Phi) is 3.73. The topological polar surface area (TPSA) is 114 Å². The third kappa shape index (κ3) is 2.52. The molecule has 1 aliphatic heterocycles. The normalized spacial score (nSPS) is 12.9. The molecule has 0 saturated carbocycles. The number of nitrogens with two attached hydrogens (primary N) is 1. The monoisotopic (exact) mass is 317 g/mol. The maximum absolute atomic E-state index is 12.4. The van der Waals surface area contributed by atoms with E-state index < -0.39 is 0 Å². The summed E-state index contributed by atoms with van der Waals surface area (Å²) < 4.78 is 3.37. The van der Waals surface area contributed by atoms with Crippen LogP contribution in [0.3, 0.4) is 0 Å². The molecule has 0 fully saturated rings. The summed E-state index contributed by atoms with van der Waals surface area (Å²) in [5, 5.41) is 15.8. The zero-order valence-corrected chi connectivity index (χ0v) is 12.8. The number of benzene rings is 1. The van der Waals surface area contributed by atoms with Gasteiger partial charge >= 0.3 is 0 Å². The number of rotatable bonds is 5. The Bertz CT molecular complexity index is 821. The van der Waals surface area contributed by atoms with E-state index in [9.17, 15) is 14.7 Å². The van der Waals surface area contributed by atoms with Crippen LogP contribution < -0.4 is 21.9 Å². The second kappa shape index (κ2) is 5.71. The molecule has 2 heterocycles. The lowest BCUT2D eigenvalue weighted by molar-refractivity contribution is -0.106. The molecule has 0 saturated heterocycles. The van der Waals surface area contributed by atoms with E-state index in [1.807, 2.05) is 0 Å². The fourth-order valence-electron chi connectivity index (χ4n) is 2.79. The SMILES string of the molecule is Cc1cc(Nc2c(N)n3n(c2=O)CCC3)c(NCC=O)cc1O. The van der Waals surface area contributed by atoms with E-state index in [4.69, 9.17) is 5.73 Å². The third-order valence-corrected chi connectivity index (χ3v) is 3.99. The number of phenolic OH excluding ortho intramolecular Hbond substituents is 1. The van der Waals surface area contributed by atoms with Crippen molar-refractivity contribution in [1.82, 2.24) is 9.36 Å². The van der Waals surface area contributed by atoms with Crippen LogP contribution in [0.5, 0.6) is 5.75 Å². The molecule has 0 spiro atoms. The van der Waals surface area contributed by atoms with Crippen molar-refractivity contribution in [2.24, 2.45) is 0 Å². The fourth-order valence-corrected chi connectivity index (χ4v) is 2.79. The molecule has 122 valence electrons. The zero-order chi connectivity index (χ0) is 16.6. The Morgan fingerprint density at radius 1 is 1.30 bits per heavy atom. The first-order chi connectivity index (χ1) is 11.0. The van der Waals surface area contributed by atoms with Gasteiger partial charge in [-0.1, -0.05) is 0 Å². The number of nitrogens with one attached hydrogen (secondary N) is 2. The number of hydrogen-bond acceptors (Lipinski definition) is 6. The fraction of sp³-hybridized carbons (Fsp3) is 0.333. The number of nitrogen functional groups attached to an aromatic ring is 1. The molecule has 1 aromatic heterocycles. The van der Waals surface area contributed by atoms with Crippen LogP contribution in [-0.2, 0) is 17.9 Å². The maximum atomic E-state index is 12.4. The predicted octanol–water partition coefficient (Wildman–Crippen LogP) is 1.00. The first kappa shape index (κ1) is 15.0. The molecule has 1 aliphatic rings. The van der Waals surface area contributed by atoms with Crippen LogP contribution in [0, 0.1) is 6.92 Å². The van der Waals surface area contributed by atoms with Gasteiger partial charge in [0, 0.05) is 19.2 Å². The molecule has 0 aliphatic carbocycles. The molecule has 5 N–H and O–H groups in total. The highest BCUT2D eigenvalue weighted by Crippen LogP contribution is 2.33. The number of aldehydes is 1. The molecular weight excluding hydrogens is 298 g/mol. The number of nitrogens with zero attached hydrogens (tertiary/aromatic N) is 2. The molecule has 0 bridgehead atoms. The molecule has 0 atom stereocenters. The highest BCUT2D eigenvalue weighted by atomic mass is 16.3. The van der Waals surface area contributed by atoms with Gasteiger partial charge in [-0.3, -0.25) is 9.48 Å². The van der Waals surface area contributed by atoms with Crippen LogP contribution in [0.15, 0.2) is 16.9 Å². The molecule has 1 aromatic carbocycles. The standard InChI is InChI=1S/C15H19N5O3/c1-9-7-11(10(8-12(9)22)17-3-6-21)18-13-14(16)19-4-2-5-20(19)15(13)23/h6-8,17-18,22H,2-5,16H2,1H3. The Hall–Kier alpha value is -2.90. The molecule has 0 radical (unpaired) electrons. The average molecular weight is 317 g/mol. The summed E-state index contributed by atoms with van der Waals surface area (Å²) in [6.07, 6.45) is 1.61. The highest BCUT2D eigenvalue weighted by molar-refractivity contribution is 5.81. The van der Waals surface area contributed by atoms with Crippen LogP contribution in [0.2, 0.25) is 0 Å². The molecule has 8 nitrogen and oxygen atoms in total. The summed E-state index contributed by atoms with van der Waals surface area (Å²) in [5.41, 5.74) is 7.96. The summed E-state index contributed by atoms with van der Waals surface area (Å²) >= 11 is 0. The first-order valence-corrected chi connectivity index (χ1v) is 7.40. The van der Waals surface area contributed by atoms with Crippen molar-refractivity contribution in [3.05, 3.63) is 28.0 Å². The number of anilines is 4. The molecule has 0 unspecified atom stereocenters. The number of aromatic nitrogens is 2. The van der Waals surface area contributed by atoms with E-state index in [1.165, 1.54) is 6.07 Å². The van der Waals surface area contributed by atoms with Gasteiger partial charge in [0.25, 0.3) is 5.56 Å². The number of carbonyl (C=O) groups excluding carboxylic acids is 1. The summed E-state index contributed by atoms with van der Waals surface area (Å²) in [4.78, 5) is 23.0. The molecule has 2 aromatic rings. The lowest BCUT2D eigenvalue weighted by atomic mass is 10.1. The van der Waals surface area contributed by atoms with Crippen molar-refractivity contribution in [3.8, 4) is 5.75 Å². The largest absolute Gasteiger partial charge is 0.508 e. The summed E-state index contributed by atoms with van der Waals surface area (Å²) in [7, 11) is 0. The van der Waals surface area contributed by atoms with Crippen molar-refractivity contribution >= 4 is 29.2 Å². The average Bonchev–Trinajstić information content (AvgIpc) is 3.09. The van der Waals surface area contributed by atoms with Crippen LogP contribution in [0.4, 0.5) is 22.9 Å². The van der Waals surface area contributed by atoms with E-state index in [1.54, 1.807) is 22.4 Å². The van der Waals surface area contributed by atoms with Gasteiger partial charge in [0.15, 0.2) is 0 Å². The van der Waals surface area contributed by atoms with Crippen LogP contribution in [-0.4, -0.2) is 27.3 Å². The summed E-state index contributed by atoms with van der Waals surface area (Å²) in [6.45, 7) is 3.21. The van der Waals surface area contributed by atoms with Crippen LogP contribution >= 0.6 is 0 Å². The number of aromatic hydroxyl groups is 1. The molecule has 3 rings (SSSR count).